The van der Waals surface area contributed by atoms with E-state index in [1.54, 1.807) is 0 Å². The summed E-state index contributed by atoms with van der Waals surface area (Å²) in [6, 6.07) is 9.61. The van der Waals surface area contributed by atoms with E-state index < -0.39 is 6.04 Å². The molecule has 1 heterocycles. The number of aromatic nitrogens is 2. The third-order valence-electron chi connectivity index (χ3n) is 4.45. The van der Waals surface area contributed by atoms with Gasteiger partial charge in [0.1, 0.15) is 6.04 Å². The number of hydrogen-bond acceptors (Lipinski definition) is 3. The van der Waals surface area contributed by atoms with Crippen LogP contribution in [0.1, 0.15) is 43.3 Å². The molecule has 0 radical (unpaired) electrons. The Morgan fingerprint density at radius 3 is 2.38 bits per heavy atom. The van der Waals surface area contributed by atoms with E-state index in [0.29, 0.717) is 13.1 Å². The molecular weight excluding hydrogens is 328 g/mol. The highest BCUT2D eigenvalue weighted by Gasteiger charge is 2.23. The Labute approximate surface area is 155 Å². The number of hydrogen-bond donors (Lipinski definition) is 2. The van der Waals surface area contributed by atoms with Gasteiger partial charge in [-0.25, -0.2) is 0 Å². The molecule has 0 aliphatic carbocycles. The minimum Gasteiger partial charge on any atom is -0.350 e. The van der Waals surface area contributed by atoms with Crippen LogP contribution in [0.4, 0.5) is 0 Å². The van der Waals surface area contributed by atoms with Crippen LogP contribution in [-0.2, 0) is 22.7 Å². The predicted octanol–water partition coefficient (Wildman–Crippen LogP) is 2.33. The molecule has 6 heteroatoms. The maximum atomic E-state index is 12.5. The number of carbonyl (C=O) groups is 2. The average molecular weight is 356 g/mol. The number of amides is 2. The standard InChI is InChI=1S/C20H28N4O2/c1-13(2)19(22-16(5)25)20(26)21-11-18-14(3)23-24(15(18)4)12-17-9-7-6-8-10-17/h6-10,13,19H,11-12H2,1-5H3,(H,21,26)(H,22,25)/t19-/m1/s1. The van der Waals surface area contributed by atoms with Gasteiger partial charge in [-0.2, -0.15) is 5.10 Å². The van der Waals surface area contributed by atoms with E-state index in [-0.39, 0.29) is 17.7 Å². The number of carbonyl (C=O) groups excluding carboxylic acids is 2. The first kappa shape index (κ1) is 19.7. The van der Waals surface area contributed by atoms with Crippen molar-refractivity contribution in [3.05, 3.63) is 52.8 Å². The molecule has 1 atom stereocenters. The monoisotopic (exact) mass is 356 g/mol. The molecule has 26 heavy (non-hydrogen) atoms. The average Bonchev–Trinajstić information content (AvgIpc) is 2.84. The molecule has 0 spiro atoms. The van der Waals surface area contributed by atoms with Crippen LogP contribution in [0.15, 0.2) is 30.3 Å². The minimum atomic E-state index is -0.535. The second-order valence-corrected chi connectivity index (χ2v) is 6.93. The van der Waals surface area contributed by atoms with Gasteiger partial charge in [0.05, 0.1) is 12.2 Å². The third kappa shape index (κ3) is 4.94. The molecule has 2 aromatic rings. The predicted molar refractivity (Wildman–Crippen MR) is 102 cm³/mol. The summed E-state index contributed by atoms with van der Waals surface area (Å²) in [6.07, 6.45) is 0. The van der Waals surface area contributed by atoms with Gasteiger partial charge in [-0.15, -0.1) is 0 Å². The number of rotatable bonds is 7. The van der Waals surface area contributed by atoms with E-state index in [9.17, 15) is 9.59 Å². The molecule has 0 bridgehead atoms. The molecule has 0 aliphatic heterocycles. The van der Waals surface area contributed by atoms with Crippen LogP contribution in [0, 0.1) is 19.8 Å². The smallest absolute Gasteiger partial charge is 0.243 e. The summed E-state index contributed by atoms with van der Waals surface area (Å²) in [5.74, 6) is -0.367. The second-order valence-electron chi connectivity index (χ2n) is 6.93. The molecule has 0 aliphatic rings. The van der Waals surface area contributed by atoms with Gasteiger partial charge in [0.25, 0.3) is 0 Å². The van der Waals surface area contributed by atoms with Crippen molar-refractivity contribution in [2.45, 2.75) is 53.8 Å². The third-order valence-corrected chi connectivity index (χ3v) is 4.45. The quantitative estimate of drug-likeness (QED) is 0.799. The van der Waals surface area contributed by atoms with E-state index in [1.807, 2.05) is 50.6 Å². The largest absolute Gasteiger partial charge is 0.350 e. The van der Waals surface area contributed by atoms with Crippen molar-refractivity contribution in [1.82, 2.24) is 20.4 Å². The number of nitrogens with one attached hydrogen (secondary N) is 2. The van der Waals surface area contributed by atoms with Crippen LogP contribution in [-0.4, -0.2) is 27.6 Å². The first-order valence-corrected chi connectivity index (χ1v) is 8.91. The first-order valence-electron chi connectivity index (χ1n) is 8.91. The Bertz CT molecular complexity index is 766. The maximum Gasteiger partial charge on any atom is 0.243 e. The topological polar surface area (TPSA) is 76.0 Å². The molecule has 2 amide bonds. The maximum absolute atomic E-state index is 12.5. The lowest BCUT2D eigenvalue weighted by Crippen LogP contribution is -2.48. The van der Waals surface area contributed by atoms with E-state index in [4.69, 9.17) is 0 Å². The molecule has 1 aromatic carbocycles. The molecule has 6 nitrogen and oxygen atoms in total. The Kier molecular flexibility index (Phi) is 6.55. The fraction of sp³-hybridized carbons (Fsp3) is 0.450. The normalized spacial score (nSPS) is 12.1. The number of aryl methyl sites for hydroxylation is 1. The highest BCUT2D eigenvalue weighted by molar-refractivity contribution is 5.87. The van der Waals surface area contributed by atoms with E-state index in [2.05, 4.69) is 27.9 Å². The van der Waals surface area contributed by atoms with Gasteiger partial charge in [0.2, 0.25) is 11.8 Å². The van der Waals surface area contributed by atoms with Crippen molar-refractivity contribution >= 4 is 11.8 Å². The molecule has 0 saturated carbocycles. The Balaban J connectivity index is 2.07. The Morgan fingerprint density at radius 1 is 1.15 bits per heavy atom. The van der Waals surface area contributed by atoms with Crippen molar-refractivity contribution in [2.75, 3.05) is 0 Å². The molecular formula is C20H28N4O2. The highest BCUT2D eigenvalue weighted by atomic mass is 16.2. The van der Waals surface area contributed by atoms with Crippen molar-refractivity contribution in [1.29, 1.82) is 0 Å². The lowest BCUT2D eigenvalue weighted by atomic mass is 10.0. The van der Waals surface area contributed by atoms with Crippen LogP contribution in [0.3, 0.4) is 0 Å². The SMILES string of the molecule is CC(=O)N[C@@H](C(=O)NCc1c(C)nn(Cc2ccccc2)c1C)C(C)C. The molecule has 0 saturated heterocycles. The lowest BCUT2D eigenvalue weighted by molar-refractivity contribution is -0.129. The van der Waals surface area contributed by atoms with Gasteiger partial charge in [0.15, 0.2) is 0 Å². The zero-order valence-corrected chi connectivity index (χ0v) is 16.2. The Morgan fingerprint density at radius 2 is 1.81 bits per heavy atom. The number of nitrogens with zero attached hydrogens (tertiary/aromatic N) is 2. The van der Waals surface area contributed by atoms with E-state index in [0.717, 1.165) is 17.0 Å². The van der Waals surface area contributed by atoms with Crippen LogP contribution >= 0.6 is 0 Å². The van der Waals surface area contributed by atoms with Crippen LogP contribution < -0.4 is 10.6 Å². The van der Waals surface area contributed by atoms with Gasteiger partial charge < -0.3 is 10.6 Å². The van der Waals surface area contributed by atoms with Gasteiger partial charge in [-0.3, -0.25) is 14.3 Å². The molecule has 2 rings (SSSR count). The lowest BCUT2D eigenvalue weighted by Gasteiger charge is -2.21. The summed E-state index contributed by atoms with van der Waals surface area (Å²) in [5.41, 5.74) is 4.13. The van der Waals surface area contributed by atoms with Crippen LogP contribution in [0.5, 0.6) is 0 Å². The zero-order chi connectivity index (χ0) is 19.3. The second kappa shape index (κ2) is 8.65. The Hall–Kier alpha value is -2.63. The fourth-order valence-corrected chi connectivity index (χ4v) is 2.94. The van der Waals surface area contributed by atoms with Gasteiger partial charge in [-0.05, 0) is 25.3 Å². The van der Waals surface area contributed by atoms with Crippen molar-refractivity contribution < 1.29 is 9.59 Å². The van der Waals surface area contributed by atoms with Crippen molar-refractivity contribution in [3.8, 4) is 0 Å². The van der Waals surface area contributed by atoms with Gasteiger partial charge >= 0.3 is 0 Å². The minimum absolute atomic E-state index is 0.0156. The highest BCUT2D eigenvalue weighted by Crippen LogP contribution is 2.15. The van der Waals surface area contributed by atoms with Crippen molar-refractivity contribution in [3.63, 3.8) is 0 Å². The summed E-state index contributed by atoms with van der Waals surface area (Å²) in [6.45, 7) is 10.3. The van der Waals surface area contributed by atoms with Crippen LogP contribution in [0.2, 0.25) is 0 Å². The van der Waals surface area contributed by atoms with Gasteiger partial charge in [-0.1, -0.05) is 44.2 Å². The molecule has 0 fully saturated rings. The van der Waals surface area contributed by atoms with E-state index >= 15 is 0 Å². The summed E-state index contributed by atoms with van der Waals surface area (Å²) < 4.78 is 1.96. The fourth-order valence-electron chi connectivity index (χ4n) is 2.94. The first-order chi connectivity index (χ1) is 12.3. The summed E-state index contributed by atoms with van der Waals surface area (Å²) in [4.78, 5) is 23.8. The van der Waals surface area contributed by atoms with Crippen LogP contribution in [0.25, 0.3) is 0 Å². The summed E-state index contributed by atoms with van der Waals surface area (Å²) >= 11 is 0. The molecule has 2 N–H and O–H groups in total. The molecule has 1 aromatic heterocycles. The zero-order valence-electron chi connectivity index (χ0n) is 16.2. The number of benzene rings is 1. The van der Waals surface area contributed by atoms with Gasteiger partial charge in [0, 0.05) is 24.7 Å². The van der Waals surface area contributed by atoms with Crippen molar-refractivity contribution in [2.24, 2.45) is 5.92 Å². The molecule has 140 valence electrons. The summed E-state index contributed by atoms with van der Waals surface area (Å²) in [7, 11) is 0. The van der Waals surface area contributed by atoms with E-state index in [1.165, 1.54) is 12.5 Å². The molecule has 0 unspecified atom stereocenters. The summed E-state index contributed by atoms with van der Waals surface area (Å²) in [5, 5.41) is 10.3.